The lowest BCUT2D eigenvalue weighted by Gasteiger charge is -2.22. The van der Waals surface area contributed by atoms with Gasteiger partial charge in [0, 0.05) is 6.54 Å². The van der Waals surface area contributed by atoms with E-state index >= 15 is 0 Å². The third-order valence-electron chi connectivity index (χ3n) is 3.31. The molecule has 80 valence electrons. The summed E-state index contributed by atoms with van der Waals surface area (Å²) in [4.78, 5) is 13.3. The number of carboxylic acid groups (broad SMARTS) is 1. The van der Waals surface area contributed by atoms with E-state index in [0.29, 0.717) is 5.92 Å². The first-order valence-electron chi connectivity index (χ1n) is 5.46. The Morgan fingerprint density at radius 1 is 1.43 bits per heavy atom. The van der Waals surface area contributed by atoms with Crippen molar-refractivity contribution >= 4 is 5.97 Å². The summed E-state index contributed by atoms with van der Waals surface area (Å²) >= 11 is 0. The fourth-order valence-corrected chi connectivity index (χ4v) is 2.54. The van der Waals surface area contributed by atoms with Gasteiger partial charge in [-0.1, -0.05) is 0 Å². The SMILES string of the molecule is O=C(O)[C@H]1NCC[C@@H]1CN1CCCC1. The number of rotatable bonds is 3. The van der Waals surface area contributed by atoms with Crippen molar-refractivity contribution in [2.24, 2.45) is 5.92 Å². The van der Waals surface area contributed by atoms with Crippen LogP contribution in [-0.4, -0.2) is 48.2 Å². The van der Waals surface area contributed by atoms with Gasteiger partial charge in [-0.25, -0.2) is 0 Å². The first-order chi connectivity index (χ1) is 6.77. The monoisotopic (exact) mass is 198 g/mol. The van der Waals surface area contributed by atoms with Crippen molar-refractivity contribution in [1.82, 2.24) is 10.2 Å². The molecule has 2 saturated heterocycles. The van der Waals surface area contributed by atoms with Crippen LogP contribution in [0.1, 0.15) is 19.3 Å². The third kappa shape index (κ3) is 2.07. The van der Waals surface area contributed by atoms with E-state index in [1.807, 2.05) is 0 Å². The second-order valence-corrected chi connectivity index (χ2v) is 4.33. The summed E-state index contributed by atoms with van der Waals surface area (Å²) in [5, 5.41) is 12.0. The second-order valence-electron chi connectivity index (χ2n) is 4.33. The van der Waals surface area contributed by atoms with Crippen LogP contribution in [0, 0.1) is 5.92 Å². The average molecular weight is 198 g/mol. The molecule has 2 N–H and O–H groups in total. The van der Waals surface area contributed by atoms with Gasteiger partial charge >= 0.3 is 5.97 Å². The summed E-state index contributed by atoms with van der Waals surface area (Å²) in [6.45, 7) is 4.13. The number of aliphatic carboxylic acids is 1. The van der Waals surface area contributed by atoms with Gasteiger partial charge in [0.1, 0.15) is 6.04 Å². The first-order valence-corrected chi connectivity index (χ1v) is 5.46. The van der Waals surface area contributed by atoms with Gasteiger partial charge in [-0.05, 0) is 44.8 Å². The van der Waals surface area contributed by atoms with E-state index in [-0.39, 0.29) is 6.04 Å². The van der Waals surface area contributed by atoms with Crippen LogP contribution < -0.4 is 5.32 Å². The Hall–Kier alpha value is -0.610. The standard InChI is InChI=1S/C10H18N2O2/c13-10(14)9-8(3-4-11-9)7-12-5-1-2-6-12/h8-9,11H,1-7H2,(H,13,14)/t8-,9+/m1/s1. The molecule has 2 fully saturated rings. The van der Waals surface area contributed by atoms with E-state index < -0.39 is 5.97 Å². The summed E-state index contributed by atoms with van der Waals surface area (Å²) in [5.74, 6) is -0.378. The van der Waals surface area contributed by atoms with E-state index in [1.54, 1.807) is 0 Å². The summed E-state index contributed by atoms with van der Waals surface area (Å²) < 4.78 is 0. The number of nitrogens with zero attached hydrogens (tertiary/aromatic N) is 1. The summed E-state index contributed by atoms with van der Waals surface area (Å²) in [6.07, 6.45) is 3.56. The van der Waals surface area contributed by atoms with Gasteiger partial charge in [0.05, 0.1) is 0 Å². The zero-order valence-corrected chi connectivity index (χ0v) is 8.41. The fourth-order valence-electron chi connectivity index (χ4n) is 2.54. The zero-order valence-electron chi connectivity index (χ0n) is 8.41. The molecule has 0 amide bonds. The quantitative estimate of drug-likeness (QED) is 0.677. The first kappa shape index (κ1) is 9.93. The molecular weight excluding hydrogens is 180 g/mol. The van der Waals surface area contributed by atoms with Crippen molar-refractivity contribution in [1.29, 1.82) is 0 Å². The summed E-state index contributed by atoms with van der Waals surface area (Å²) in [5.41, 5.74) is 0. The Bertz CT molecular complexity index is 214. The minimum Gasteiger partial charge on any atom is -0.480 e. The Labute approximate surface area is 84.3 Å². The molecule has 0 radical (unpaired) electrons. The van der Waals surface area contributed by atoms with E-state index in [9.17, 15) is 4.79 Å². The molecule has 0 aromatic carbocycles. The van der Waals surface area contributed by atoms with E-state index in [1.165, 1.54) is 12.8 Å². The van der Waals surface area contributed by atoms with Crippen LogP contribution in [0.4, 0.5) is 0 Å². The smallest absolute Gasteiger partial charge is 0.321 e. The van der Waals surface area contributed by atoms with E-state index in [4.69, 9.17) is 5.11 Å². The van der Waals surface area contributed by atoms with Crippen LogP contribution in [0.15, 0.2) is 0 Å². The van der Waals surface area contributed by atoms with Crippen molar-refractivity contribution in [3.05, 3.63) is 0 Å². The minimum absolute atomic E-state index is 0.310. The molecule has 0 spiro atoms. The van der Waals surface area contributed by atoms with Crippen molar-refractivity contribution in [3.8, 4) is 0 Å². The van der Waals surface area contributed by atoms with Crippen molar-refractivity contribution in [3.63, 3.8) is 0 Å². The zero-order chi connectivity index (χ0) is 9.97. The van der Waals surface area contributed by atoms with Crippen LogP contribution in [0.3, 0.4) is 0 Å². The maximum atomic E-state index is 10.9. The molecule has 0 aromatic rings. The maximum Gasteiger partial charge on any atom is 0.321 e. The van der Waals surface area contributed by atoms with Crippen molar-refractivity contribution < 1.29 is 9.90 Å². The Morgan fingerprint density at radius 2 is 2.14 bits per heavy atom. The molecule has 2 aliphatic heterocycles. The highest BCUT2D eigenvalue weighted by Crippen LogP contribution is 2.19. The van der Waals surface area contributed by atoms with Gasteiger partial charge in [-0.2, -0.15) is 0 Å². The molecule has 4 nitrogen and oxygen atoms in total. The highest BCUT2D eigenvalue weighted by molar-refractivity contribution is 5.74. The number of likely N-dealkylation sites (tertiary alicyclic amines) is 1. The molecule has 0 unspecified atom stereocenters. The highest BCUT2D eigenvalue weighted by atomic mass is 16.4. The van der Waals surface area contributed by atoms with Crippen LogP contribution in [0.2, 0.25) is 0 Å². The van der Waals surface area contributed by atoms with Crippen LogP contribution in [0.25, 0.3) is 0 Å². The lowest BCUT2D eigenvalue weighted by atomic mass is 10.0. The molecule has 2 rings (SSSR count). The topological polar surface area (TPSA) is 52.6 Å². The highest BCUT2D eigenvalue weighted by Gasteiger charge is 2.33. The molecule has 2 aliphatic rings. The van der Waals surface area contributed by atoms with Crippen LogP contribution in [0.5, 0.6) is 0 Å². The van der Waals surface area contributed by atoms with E-state index in [0.717, 1.165) is 32.6 Å². The van der Waals surface area contributed by atoms with E-state index in [2.05, 4.69) is 10.2 Å². The third-order valence-corrected chi connectivity index (χ3v) is 3.31. The lowest BCUT2D eigenvalue weighted by molar-refractivity contribution is -0.140. The molecule has 0 aromatic heterocycles. The number of carboxylic acids is 1. The largest absolute Gasteiger partial charge is 0.480 e. The molecule has 2 heterocycles. The Morgan fingerprint density at radius 3 is 2.79 bits per heavy atom. The molecule has 2 atom stereocenters. The maximum absolute atomic E-state index is 10.9. The molecule has 0 saturated carbocycles. The Kier molecular flexibility index (Phi) is 3.03. The summed E-state index contributed by atoms with van der Waals surface area (Å²) in [6, 6.07) is -0.310. The summed E-state index contributed by atoms with van der Waals surface area (Å²) in [7, 11) is 0. The molecule has 4 heteroatoms. The number of carbonyl (C=O) groups is 1. The van der Waals surface area contributed by atoms with Crippen molar-refractivity contribution in [2.75, 3.05) is 26.2 Å². The van der Waals surface area contributed by atoms with Crippen LogP contribution in [-0.2, 0) is 4.79 Å². The number of nitrogens with one attached hydrogen (secondary N) is 1. The van der Waals surface area contributed by atoms with Crippen LogP contribution >= 0.6 is 0 Å². The van der Waals surface area contributed by atoms with Crippen molar-refractivity contribution in [2.45, 2.75) is 25.3 Å². The van der Waals surface area contributed by atoms with Gasteiger partial charge in [0.2, 0.25) is 0 Å². The van der Waals surface area contributed by atoms with Gasteiger partial charge in [0.25, 0.3) is 0 Å². The minimum atomic E-state index is -0.688. The normalized spacial score (nSPS) is 33.7. The van der Waals surface area contributed by atoms with Gasteiger partial charge in [0.15, 0.2) is 0 Å². The predicted octanol–water partition coefficient (Wildman–Crippen LogP) is 0.145. The second kappa shape index (κ2) is 4.28. The molecule has 0 aliphatic carbocycles. The predicted molar refractivity (Wildman–Crippen MR) is 53.2 cm³/mol. The van der Waals surface area contributed by atoms with Gasteiger partial charge < -0.3 is 15.3 Å². The molecule has 14 heavy (non-hydrogen) atoms. The number of hydrogen-bond donors (Lipinski definition) is 2. The fraction of sp³-hybridized carbons (Fsp3) is 0.900. The number of hydrogen-bond acceptors (Lipinski definition) is 3. The van der Waals surface area contributed by atoms with Gasteiger partial charge in [-0.3, -0.25) is 4.79 Å². The lowest BCUT2D eigenvalue weighted by Crippen LogP contribution is -2.40. The molecular formula is C10H18N2O2. The molecule has 0 bridgehead atoms. The Balaban J connectivity index is 1.86. The average Bonchev–Trinajstić information content (AvgIpc) is 2.75. The van der Waals surface area contributed by atoms with Gasteiger partial charge in [-0.15, -0.1) is 0 Å².